The summed E-state index contributed by atoms with van der Waals surface area (Å²) in [5.41, 5.74) is 1.47. The van der Waals surface area contributed by atoms with E-state index in [2.05, 4.69) is 58.3 Å². The lowest BCUT2D eigenvalue weighted by Crippen LogP contribution is -2.33. The van der Waals surface area contributed by atoms with E-state index in [-0.39, 0.29) is 0 Å². The second-order valence-electron chi connectivity index (χ2n) is 7.47. The van der Waals surface area contributed by atoms with Gasteiger partial charge in [-0.25, -0.2) is 4.98 Å². The number of piperidine rings is 1. The van der Waals surface area contributed by atoms with Crippen LogP contribution in [0, 0.1) is 11.8 Å². The van der Waals surface area contributed by atoms with Crippen LogP contribution in [0.1, 0.15) is 50.4 Å². The molecule has 136 valence electrons. The predicted molar refractivity (Wildman–Crippen MR) is 105 cm³/mol. The molecule has 0 amide bonds. The Morgan fingerprint density at radius 2 is 1.96 bits per heavy atom. The molecule has 3 rings (SSSR count). The number of hydrogen-bond donors (Lipinski definition) is 1. The highest BCUT2D eigenvalue weighted by molar-refractivity contribution is 5.14. The molecule has 3 nitrogen and oxygen atoms in total. The molecule has 1 aliphatic rings. The van der Waals surface area contributed by atoms with E-state index in [0.717, 1.165) is 24.8 Å². The number of hydrogen-bond acceptors (Lipinski definition) is 2. The molecule has 1 N–H and O–H groups in total. The van der Waals surface area contributed by atoms with Crippen molar-refractivity contribution in [2.75, 3.05) is 13.1 Å². The average molecular weight is 340 g/mol. The summed E-state index contributed by atoms with van der Waals surface area (Å²) in [7, 11) is 0. The number of aromatic nitrogens is 2. The highest BCUT2D eigenvalue weighted by Gasteiger charge is 2.24. The molecule has 1 aromatic carbocycles. The van der Waals surface area contributed by atoms with Crippen LogP contribution in [-0.4, -0.2) is 22.6 Å². The largest absolute Gasteiger partial charge is 0.335 e. The number of imidazole rings is 1. The molecule has 1 saturated heterocycles. The smallest absolute Gasteiger partial charge is 0.108 e. The van der Waals surface area contributed by atoms with Crippen molar-refractivity contribution in [1.82, 2.24) is 14.9 Å². The van der Waals surface area contributed by atoms with Crippen LogP contribution < -0.4 is 5.32 Å². The van der Waals surface area contributed by atoms with E-state index in [4.69, 9.17) is 0 Å². The Hall–Kier alpha value is -1.61. The number of aryl methyl sites for hydroxylation is 2. The Morgan fingerprint density at radius 1 is 1.16 bits per heavy atom. The van der Waals surface area contributed by atoms with E-state index >= 15 is 0 Å². The third kappa shape index (κ3) is 5.43. The van der Waals surface area contributed by atoms with Gasteiger partial charge >= 0.3 is 0 Å². The molecule has 0 saturated carbocycles. The Labute approximate surface area is 152 Å². The van der Waals surface area contributed by atoms with E-state index in [0.29, 0.717) is 0 Å². The Balaban J connectivity index is 1.61. The molecule has 0 radical (unpaired) electrons. The van der Waals surface area contributed by atoms with Gasteiger partial charge in [0.15, 0.2) is 0 Å². The maximum absolute atomic E-state index is 4.58. The molecular weight excluding hydrogens is 306 g/mol. The zero-order valence-electron chi connectivity index (χ0n) is 15.7. The molecule has 0 aliphatic carbocycles. The van der Waals surface area contributed by atoms with Crippen LogP contribution in [0.2, 0.25) is 0 Å². The molecule has 1 unspecified atom stereocenters. The van der Waals surface area contributed by atoms with Crippen molar-refractivity contribution in [2.24, 2.45) is 11.8 Å². The minimum atomic E-state index is 0.774. The summed E-state index contributed by atoms with van der Waals surface area (Å²) in [5, 5.41) is 3.52. The van der Waals surface area contributed by atoms with Crippen molar-refractivity contribution < 1.29 is 0 Å². The maximum atomic E-state index is 4.58. The average Bonchev–Trinajstić information content (AvgIpc) is 3.10. The maximum Gasteiger partial charge on any atom is 0.108 e. The first kappa shape index (κ1) is 18.2. The Morgan fingerprint density at radius 3 is 2.72 bits per heavy atom. The summed E-state index contributed by atoms with van der Waals surface area (Å²) in [5.74, 6) is 2.90. The van der Waals surface area contributed by atoms with Crippen LogP contribution in [0.15, 0.2) is 42.7 Å². The Kier molecular flexibility index (Phi) is 7.10. The van der Waals surface area contributed by atoms with Gasteiger partial charge in [-0.3, -0.25) is 0 Å². The minimum Gasteiger partial charge on any atom is -0.335 e. The molecule has 1 fully saturated rings. The molecule has 25 heavy (non-hydrogen) atoms. The fraction of sp³-hybridized carbons (Fsp3) is 0.591. The lowest BCUT2D eigenvalue weighted by molar-refractivity contribution is 0.217. The molecule has 3 heteroatoms. The standard InChI is InChI=1S/C22H33N3/c1-2-7-22-24-16-17-25(22)18-21(20-12-14-23-15-13-20)11-6-10-19-8-4-3-5-9-19/h3-5,8-9,16-17,20-21,23H,2,6-7,10-15,18H2,1H3. The van der Waals surface area contributed by atoms with Crippen molar-refractivity contribution in [1.29, 1.82) is 0 Å². The van der Waals surface area contributed by atoms with Gasteiger partial charge in [-0.2, -0.15) is 0 Å². The molecule has 2 aromatic rings. The minimum absolute atomic E-state index is 0.774. The van der Waals surface area contributed by atoms with Gasteiger partial charge in [0.1, 0.15) is 5.82 Å². The number of nitrogens with one attached hydrogen (secondary N) is 1. The molecule has 1 aliphatic heterocycles. The quantitative estimate of drug-likeness (QED) is 0.730. The molecule has 2 heterocycles. The molecular formula is C22H33N3. The summed E-state index contributed by atoms with van der Waals surface area (Å²) < 4.78 is 2.43. The van der Waals surface area contributed by atoms with E-state index in [1.54, 1.807) is 0 Å². The summed E-state index contributed by atoms with van der Waals surface area (Å²) >= 11 is 0. The topological polar surface area (TPSA) is 29.9 Å². The highest BCUT2D eigenvalue weighted by Crippen LogP contribution is 2.28. The van der Waals surface area contributed by atoms with Crippen molar-refractivity contribution in [2.45, 2.75) is 58.4 Å². The van der Waals surface area contributed by atoms with Crippen LogP contribution in [0.25, 0.3) is 0 Å². The van der Waals surface area contributed by atoms with Gasteiger partial charge in [0, 0.05) is 25.4 Å². The second-order valence-corrected chi connectivity index (χ2v) is 7.47. The van der Waals surface area contributed by atoms with Gasteiger partial charge in [0.2, 0.25) is 0 Å². The third-order valence-corrected chi connectivity index (χ3v) is 5.64. The first-order valence-electron chi connectivity index (χ1n) is 10.1. The first-order valence-corrected chi connectivity index (χ1v) is 10.1. The van der Waals surface area contributed by atoms with Crippen molar-refractivity contribution in [3.63, 3.8) is 0 Å². The van der Waals surface area contributed by atoms with E-state index in [1.165, 1.54) is 63.0 Å². The van der Waals surface area contributed by atoms with E-state index in [1.807, 2.05) is 6.20 Å². The van der Waals surface area contributed by atoms with Gasteiger partial charge in [-0.15, -0.1) is 0 Å². The van der Waals surface area contributed by atoms with E-state index < -0.39 is 0 Å². The first-order chi connectivity index (χ1) is 12.4. The van der Waals surface area contributed by atoms with Crippen molar-refractivity contribution >= 4 is 0 Å². The number of benzene rings is 1. The summed E-state index contributed by atoms with van der Waals surface area (Å²) in [6.45, 7) is 5.76. The van der Waals surface area contributed by atoms with Crippen LogP contribution >= 0.6 is 0 Å². The van der Waals surface area contributed by atoms with Gasteiger partial charge in [-0.1, -0.05) is 37.3 Å². The van der Waals surface area contributed by atoms with Crippen molar-refractivity contribution in [3.05, 3.63) is 54.1 Å². The SMILES string of the molecule is CCCc1nccn1CC(CCCc1ccccc1)C1CCNCC1. The van der Waals surface area contributed by atoms with Crippen LogP contribution in [0.3, 0.4) is 0 Å². The van der Waals surface area contributed by atoms with E-state index in [9.17, 15) is 0 Å². The normalized spacial score (nSPS) is 16.8. The summed E-state index contributed by atoms with van der Waals surface area (Å²) in [6, 6.07) is 10.9. The lowest BCUT2D eigenvalue weighted by Gasteiger charge is -2.31. The lowest BCUT2D eigenvalue weighted by atomic mass is 9.81. The fourth-order valence-electron chi connectivity index (χ4n) is 4.22. The molecule has 0 spiro atoms. The van der Waals surface area contributed by atoms with Crippen molar-refractivity contribution in [3.8, 4) is 0 Å². The van der Waals surface area contributed by atoms with Gasteiger partial charge in [0.25, 0.3) is 0 Å². The highest BCUT2D eigenvalue weighted by atomic mass is 15.1. The van der Waals surface area contributed by atoms with Crippen LogP contribution in [0.4, 0.5) is 0 Å². The summed E-state index contributed by atoms with van der Waals surface area (Å²) in [4.78, 5) is 4.58. The zero-order valence-corrected chi connectivity index (χ0v) is 15.7. The predicted octanol–water partition coefficient (Wildman–Crippen LogP) is 4.47. The number of nitrogens with zero attached hydrogens (tertiary/aromatic N) is 2. The van der Waals surface area contributed by atoms with Crippen LogP contribution in [-0.2, 0) is 19.4 Å². The fourth-order valence-corrected chi connectivity index (χ4v) is 4.22. The monoisotopic (exact) mass is 339 g/mol. The van der Waals surface area contributed by atoms with Crippen LogP contribution in [0.5, 0.6) is 0 Å². The second kappa shape index (κ2) is 9.76. The zero-order chi connectivity index (χ0) is 17.3. The number of rotatable bonds is 9. The van der Waals surface area contributed by atoms with Gasteiger partial charge in [0.05, 0.1) is 0 Å². The molecule has 1 aromatic heterocycles. The van der Waals surface area contributed by atoms with Gasteiger partial charge in [-0.05, 0) is 69.0 Å². The third-order valence-electron chi connectivity index (χ3n) is 5.64. The molecule has 0 bridgehead atoms. The Bertz CT molecular complexity index is 599. The van der Waals surface area contributed by atoms with Gasteiger partial charge < -0.3 is 9.88 Å². The summed E-state index contributed by atoms with van der Waals surface area (Å²) in [6.07, 6.45) is 12.9. The molecule has 1 atom stereocenters.